The van der Waals surface area contributed by atoms with Crippen molar-refractivity contribution in [2.24, 2.45) is 0 Å². The van der Waals surface area contributed by atoms with Gasteiger partial charge in [0.15, 0.2) is 0 Å². The van der Waals surface area contributed by atoms with Gasteiger partial charge in [-0.1, -0.05) is 44.0 Å². The molecule has 0 radical (unpaired) electrons. The number of rotatable bonds is 0. The number of pyridine rings is 2. The van der Waals surface area contributed by atoms with Crippen LogP contribution in [0.5, 0.6) is 0 Å². The summed E-state index contributed by atoms with van der Waals surface area (Å²) in [5.74, 6) is 0. The van der Waals surface area contributed by atoms with Gasteiger partial charge in [0.2, 0.25) is 0 Å². The van der Waals surface area contributed by atoms with Crippen LogP contribution in [0.15, 0.2) is 82.3 Å². The van der Waals surface area contributed by atoms with Gasteiger partial charge in [-0.15, -0.1) is 0 Å². The maximum Gasteiger partial charge on any atom is 0.0728 e. The van der Waals surface area contributed by atoms with Crippen LogP contribution in [0.1, 0.15) is 22.3 Å². The van der Waals surface area contributed by atoms with Crippen molar-refractivity contribution >= 4 is 31.9 Å². The maximum atomic E-state index is 4.41. The Labute approximate surface area is 173 Å². The zero-order chi connectivity index (χ0) is 18.2. The summed E-state index contributed by atoms with van der Waals surface area (Å²) >= 11 is 7.40. The summed E-state index contributed by atoms with van der Waals surface area (Å²) in [6.45, 7) is 0. The van der Waals surface area contributed by atoms with E-state index in [0.717, 1.165) is 8.95 Å². The van der Waals surface area contributed by atoms with E-state index in [-0.39, 0.29) is 5.41 Å². The molecule has 4 aromatic rings. The van der Waals surface area contributed by atoms with Crippen molar-refractivity contribution in [2.45, 2.75) is 5.41 Å². The van der Waals surface area contributed by atoms with Crippen molar-refractivity contribution in [3.05, 3.63) is 105 Å². The van der Waals surface area contributed by atoms with Gasteiger partial charge in [0, 0.05) is 44.9 Å². The standard InChI is InChI=1S/C23H12Br2N2/c24-13-1-3-15-16-4-2-14(25)10-22(16)23(21(15)9-13)19-5-7-26-11-17(19)18-12-27-8-6-20(18)23/h1-12H. The van der Waals surface area contributed by atoms with E-state index in [1.54, 1.807) is 0 Å². The Balaban J connectivity index is 1.88. The molecular formula is C23H12Br2N2. The molecule has 2 heterocycles. The predicted octanol–water partition coefficient (Wildman–Crippen LogP) is 6.35. The Morgan fingerprint density at radius 1 is 0.556 bits per heavy atom. The molecule has 0 atom stereocenters. The molecular weight excluding hydrogens is 464 g/mol. The van der Waals surface area contributed by atoms with Gasteiger partial charge in [0.1, 0.15) is 0 Å². The summed E-state index contributed by atoms with van der Waals surface area (Å²) < 4.78 is 2.18. The number of nitrogens with zero attached hydrogens (tertiary/aromatic N) is 2. The van der Waals surface area contributed by atoms with Crippen LogP contribution >= 0.6 is 31.9 Å². The minimum absolute atomic E-state index is 0.339. The monoisotopic (exact) mass is 474 g/mol. The van der Waals surface area contributed by atoms with Gasteiger partial charge >= 0.3 is 0 Å². The van der Waals surface area contributed by atoms with Crippen molar-refractivity contribution in [1.29, 1.82) is 0 Å². The first-order valence-corrected chi connectivity index (χ1v) is 10.3. The van der Waals surface area contributed by atoms with Crippen molar-refractivity contribution in [2.75, 3.05) is 0 Å². The second-order valence-corrected chi connectivity index (χ2v) is 8.80. The number of halogens is 2. The Morgan fingerprint density at radius 2 is 1.04 bits per heavy atom. The molecule has 0 amide bonds. The van der Waals surface area contributed by atoms with Crippen LogP contribution in [0.2, 0.25) is 0 Å². The first-order valence-electron chi connectivity index (χ1n) is 8.71. The predicted molar refractivity (Wildman–Crippen MR) is 114 cm³/mol. The number of aromatic nitrogens is 2. The molecule has 2 aromatic carbocycles. The third kappa shape index (κ3) is 1.85. The lowest BCUT2D eigenvalue weighted by Crippen LogP contribution is -2.26. The van der Waals surface area contributed by atoms with E-state index in [1.807, 2.05) is 24.8 Å². The van der Waals surface area contributed by atoms with Crippen molar-refractivity contribution in [3.8, 4) is 22.3 Å². The summed E-state index contributed by atoms with van der Waals surface area (Å²) in [5.41, 5.74) is 9.73. The largest absolute Gasteiger partial charge is 0.264 e. The van der Waals surface area contributed by atoms with Crippen molar-refractivity contribution in [1.82, 2.24) is 9.97 Å². The fourth-order valence-corrected chi connectivity index (χ4v) is 5.59. The van der Waals surface area contributed by atoms with Crippen LogP contribution in [-0.4, -0.2) is 9.97 Å². The molecule has 2 aliphatic carbocycles. The SMILES string of the molecule is Brc1ccc2c(c1)C1(c3ccncc3-c3cnccc31)c1cc(Br)ccc1-2. The average Bonchev–Trinajstić information content (AvgIpc) is 3.14. The van der Waals surface area contributed by atoms with E-state index < -0.39 is 0 Å². The third-order valence-electron chi connectivity index (χ3n) is 5.80. The molecule has 0 saturated heterocycles. The Kier molecular flexibility index (Phi) is 3.13. The average molecular weight is 476 g/mol. The minimum Gasteiger partial charge on any atom is -0.264 e. The van der Waals surface area contributed by atoms with Gasteiger partial charge in [-0.25, -0.2) is 0 Å². The van der Waals surface area contributed by atoms with E-state index >= 15 is 0 Å². The fraction of sp³-hybridized carbons (Fsp3) is 0.0435. The Hall–Kier alpha value is -2.30. The van der Waals surface area contributed by atoms with E-state index in [4.69, 9.17) is 0 Å². The van der Waals surface area contributed by atoms with Crippen LogP contribution in [0.4, 0.5) is 0 Å². The zero-order valence-electron chi connectivity index (χ0n) is 14.1. The molecule has 128 valence electrons. The number of hydrogen-bond acceptors (Lipinski definition) is 2. The molecule has 1 spiro atoms. The van der Waals surface area contributed by atoms with Crippen LogP contribution in [0, 0.1) is 0 Å². The molecule has 2 aliphatic rings. The fourth-order valence-electron chi connectivity index (χ4n) is 4.87. The van der Waals surface area contributed by atoms with Gasteiger partial charge in [-0.05, 0) is 69.8 Å². The number of benzene rings is 2. The summed E-state index contributed by atoms with van der Waals surface area (Å²) in [6.07, 6.45) is 7.73. The second kappa shape index (κ2) is 5.37. The molecule has 0 N–H and O–H groups in total. The van der Waals surface area contributed by atoms with E-state index in [9.17, 15) is 0 Å². The van der Waals surface area contributed by atoms with E-state index in [0.29, 0.717) is 0 Å². The van der Waals surface area contributed by atoms with Crippen LogP contribution in [0.25, 0.3) is 22.3 Å². The molecule has 6 rings (SSSR count). The highest BCUT2D eigenvalue weighted by Crippen LogP contribution is 2.62. The van der Waals surface area contributed by atoms with Crippen LogP contribution < -0.4 is 0 Å². The molecule has 0 fully saturated rings. The Morgan fingerprint density at radius 3 is 1.52 bits per heavy atom. The molecule has 0 aliphatic heterocycles. The first kappa shape index (κ1) is 15.7. The van der Waals surface area contributed by atoms with Crippen molar-refractivity contribution < 1.29 is 0 Å². The summed E-state index contributed by atoms with van der Waals surface area (Å²) in [4.78, 5) is 8.82. The second-order valence-electron chi connectivity index (χ2n) is 6.97. The molecule has 0 bridgehead atoms. The van der Waals surface area contributed by atoms with Gasteiger partial charge < -0.3 is 0 Å². The van der Waals surface area contributed by atoms with Gasteiger partial charge in [0.25, 0.3) is 0 Å². The molecule has 0 unspecified atom stereocenters. The summed E-state index contributed by atoms with van der Waals surface area (Å²) in [7, 11) is 0. The highest BCUT2D eigenvalue weighted by atomic mass is 79.9. The number of hydrogen-bond donors (Lipinski definition) is 0. The molecule has 0 saturated carbocycles. The van der Waals surface area contributed by atoms with E-state index in [1.165, 1.54) is 44.5 Å². The number of fused-ring (bicyclic) bond motifs is 10. The molecule has 4 heteroatoms. The highest BCUT2D eigenvalue weighted by Gasteiger charge is 2.51. The van der Waals surface area contributed by atoms with Gasteiger partial charge in [0.05, 0.1) is 5.41 Å². The molecule has 2 nitrogen and oxygen atoms in total. The van der Waals surface area contributed by atoms with Crippen molar-refractivity contribution in [3.63, 3.8) is 0 Å². The molecule has 27 heavy (non-hydrogen) atoms. The van der Waals surface area contributed by atoms with Crippen LogP contribution in [-0.2, 0) is 5.41 Å². The Bertz CT molecular complexity index is 1160. The minimum atomic E-state index is -0.339. The first-order chi connectivity index (χ1) is 13.2. The lowest BCUT2D eigenvalue weighted by Gasteiger charge is -2.30. The topological polar surface area (TPSA) is 25.8 Å². The van der Waals surface area contributed by atoms with Gasteiger partial charge in [-0.2, -0.15) is 0 Å². The molecule has 2 aromatic heterocycles. The summed E-state index contributed by atoms with van der Waals surface area (Å²) in [6, 6.07) is 17.6. The lowest BCUT2D eigenvalue weighted by atomic mass is 9.71. The van der Waals surface area contributed by atoms with E-state index in [2.05, 4.69) is 90.4 Å². The normalized spacial score (nSPS) is 14.6. The lowest BCUT2D eigenvalue weighted by molar-refractivity contribution is 0.789. The quantitative estimate of drug-likeness (QED) is 0.256. The van der Waals surface area contributed by atoms with Crippen LogP contribution in [0.3, 0.4) is 0 Å². The zero-order valence-corrected chi connectivity index (χ0v) is 17.3. The maximum absolute atomic E-state index is 4.41. The van der Waals surface area contributed by atoms with Gasteiger partial charge in [-0.3, -0.25) is 9.97 Å². The smallest absolute Gasteiger partial charge is 0.0728 e. The highest BCUT2D eigenvalue weighted by molar-refractivity contribution is 9.10. The summed E-state index contributed by atoms with van der Waals surface area (Å²) in [5, 5.41) is 0. The third-order valence-corrected chi connectivity index (χ3v) is 6.79.